The summed E-state index contributed by atoms with van der Waals surface area (Å²) in [4.78, 5) is 26.5. The quantitative estimate of drug-likeness (QED) is 0.328. The summed E-state index contributed by atoms with van der Waals surface area (Å²) in [6.45, 7) is 16.0. The molecule has 0 aliphatic carbocycles. The van der Waals surface area contributed by atoms with Crippen molar-refractivity contribution in [2.75, 3.05) is 5.32 Å². The van der Waals surface area contributed by atoms with Gasteiger partial charge < -0.3 is 10.6 Å². The number of pyridine rings is 1. The molecular weight excluding hydrogens is 461 g/mol. The second kappa shape index (κ2) is 12.5. The molecule has 0 saturated carbocycles. The fourth-order valence-corrected chi connectivity index (χ4v) is 3.92. The Balaban J connectivity index is 0.00000210. The summed E-state index contributed by atoms with van der Waals surface area (Å²) < 4.78 is 14.3. The predicted molar refractivity (Wildman–Crippen MR) is 145 cm³/mol. The van der Waals surface area contributed by atoms with Crippen LogP contribution in [0.3, 0.4) is 0 Å². The van der Waals surface area contributed by atoms with Gasteiger partial charge in [0, 0.05) is 17.3 Å². The molecule has 188 valence electrons. The van der Waals surface area contributed by atoms with Crippen LogP contribution in [0.5, 0.6) is 0 Å². The smallest absolute Gasteiger partial charge is 0.270 e. The molecular formula is C27H36FN5OS. The molecule has 0 aliphatic rings. The Labute approximate surface area is 212 Å². The first-order chi connectivity index (χ1) is 16.6. The molecule has 0 bridgehead atoms. The molecule has 1 unspecified atom stereocenters. The number of benzene rings is 1. The molecule has 6 nitrogen and oxygen atoms in total. The van der Waals surface area contributed by atoms with Gasteiger partial charge in [-0.1, -0.05) is 58.9 Å². The van der Waals surface area contributed by atoms with Crippen LogP contribution < -0.4 is 10.6 Å². The number of anilines is 2. The molecule has 35 heavy (non-hydrogen) atoms. The maximum atomic E-state index is 14.3. The van der Waals surface area contributed by atoms with Gasteiger partial charge in [-0.2, -0.15) is 0 Å². The van der Waals surface area contributed by atoms with Crippen molar-refractivity contribution in [3.05, 3.63) is 64.2 Å². The molecule has 1 aromatic carbocycles. The van der Waals surface area contributed by atoms with Gasteiger partial charge in [0.15, 0.2) is 5.13 Å². The van der Waals surface area contributed by atoms with Crippen LogP contribution in [0.2, 0.25) is 0 Å². The van der Waals surface area contributed by atoms with Gasteiger partial charge in [-0.15, -0.1) is 0 Å². The second-order valence-electron chi connectivity index (χ2n) is 8.91. The lowest BCUT2D eigenvalue weighted by molar-refractivity contribution is 0.0935. The Hall–Kier alpha value is -3.13. The normalized spacial score (nSPS) is 12.1. The lowest BCUT2D eigenvalue weighted by atomic mass is 9.87. The van der Waals surface area contributed by atoms with E-state index in [4.69, 9.17) is 0 Å². The van der Waals surface area contributed by atoms with E-state index in [1.807, 2.05) is 46.9 Å². The lowest BCUT2D eigenvalue weighted by Crippen LogP contribution is -2.27. The van der Waals surface area contributed by atoms with Gasteiger partial charge in [0.1, 0.15) is 11.5 Å². The van der Waals surface area contributed by atoms with Crippen LogP contribution in [-0.4, -0.2) is 22.1 Å². The zero-order valence-electron chi connectivity index (χ0n) is 21.9. The Bertz CT molecular complexity index is 1170. The molecule has 1 amide bonds. The highest BCUT2D eigenvalue weighted by Gasteiger charge is 2.18. The van der Waals surface area contributed by atoms with Gasteiger partial charge in [0.25, 0.3) is 5.91 Å². The number of aryl methyl sites for hydroxylation is 1. The second-order valence-corrected chi connectivity index (χ2v) is 9.97. The highest BCUT2D eigenvalue weighted by atomic mass is 32.1. The van der Waals surface area contributed by atoms with Crippen LogP contribution in [0.4, 0.5) is 20.9 Å². The summed E-state index contributed by atoms with van der Waals surface area (Å²) in [5.74, 6) is -0.613. The topological polar surface area (TPSA) is 79.3 Å². The standard InChI is InChI=1S/C25H30FN5OS.C2H6/c1-7-10-27-21-13-28-20(11-15(21)2)23(32)30-16(3)22-14-29-24(33-22)31-19-12-17(25(4,5)6)8-9-18(19)26;1-2/h8-14,16H,7H2,1-6H3,(H,29,31)(H,30,32);1-2H3. The van der Waals surface area contributed by atoms with E-state index in [1.165, 1.54) is 17.4 Å². The molecule has 8 heteroatoms. The number of nitrogens with zero attached hydrogens (tertiary/aromatic N) is 3. The van der Waals surface area contributed by atoms with E-state index in [9.17, 15) is 9.18 Å². The van der Waals surface area contributed by atoms with Crippen molar-refractivity contribution < 1.29 is 9.18 Å². The predicted octanol–water partition coefficient (Wildman–Crippen LogP) is 7.66. The summed E-state index contributed by atoms with van der Waals surface area (Å²) in [5.41, 5.74) is 3.28. The van der Waals surface area contributed by atoms with Crippen molar-refractivity contribution >= 4 is 40.0 Å². The van der Waals surface area contributed by atoms with Gasteiger partial charge in [-0.25, -0.2) is 14.4 Å². The molecule has 1 atom stereocenters. The van der Waals surface area contributed by atoms with E-state index in [0.29, 0.717) is 16.5 Å². The third-order valence-electron chi connectivity index (χ3n) is 5.10. The minimum absolute atomic E-state index is 0.0933. The molecule has 2 aromatic heterocycles. The molecule has 2 heterocycles. The third-order valence-corrected chi connectivity index (χ3v) is 6.20. The Morgan fingerprint density at radius 3 is 2.54 bits per heavy atom. The summed E-state index contributed by atoms with van der Waals surface area (Å²) in [5, 5.41) is 6.58. The molecule has 0 fully saturated rings. The van der Waals surface area contributed by atoms with Gasteiger partial charge in [0.2, 0.25) is 0 Å². The number of carbonyl (C=O) groups is 1. The maximum Gasteiger partial charge on any atom is 0.270 e. The van der Waals surface area contributed by atoms with E-state index < -0.39 is 0 Å². The molecule has 3 aromatic rings. The molecule has 2 N–H and O–H groups in total. The van der Waals surface area contributed by atoms with E-state index in [-0.39, 0.29) is 23.2 Å². The molecule has 0 radical (unpaired) electrons. The fraction of sp³-hybridized carbons (Fsp3) is 0.407. The monoisotopic (exact) mass is 497 g/mol. The summed E-state index contributed by atoms with van der Waals surface area (Å²) in [7, 11) is 0. The molecule has 0 aliphatic heterocycles. The zero-order valence-corrected chi connectivity index (χ0v) is 22.7. The van der Waals surface area contributed by atoms with Crippen LogP contribution in [-0.2, 0) is 5.41 Å². The van der Waals surface area contributed by atoms with Crippen molar-refractivity contribution in [2.24, 2.45) is 4.99 Å². The number of aromatic nitrogens is 2. The zero-order chi connectivity index (χ0) is 26.2. The van der Waals surface area contributed by atoms with Crippen molar-refractivity contribution in [1.82, 2.24) is 15.3 Å². The summed E-state index contributed by atoms with van der Waals surface area (Å²) in [6.07, 6.45) is 5.94. The number of halogens is 1. The molecule has 0 saturated heterocycles. The maximum absolute atomic E-state index is 14.3. The first-order valence-electron chi connectivity index (χ1n) is 11.9. The van der Waals surface area contributed by atoms with Crippen molar-refractivity contribution in [2.45, 2.75) is 73.3 Å². The molecule has 0 spiro atoms. The number of thiazole rings is 1. The molecule has 3 rings (SSSR count). The fourth-order valence-electron chi connectivity index (χ4n) is 3.09. The highest BCUT2D eigenvalue weighted by Crippen LogP contribution is 2.31. The number of aliphatic imine (C=N–C) groups is 1. The van der Waals surface area contributed by atoms with Crippen LogP contribution in [0.15, 0.2) is 41.7 Å². The number of hydrogen-bond donors (Lipinski definition) is 2. The number of carbonyl (C=O) groups excluding carboxylic acids is 1. The van der Waals surface area contributed by atoms with E-state index in [0.717, 1.165) is 28.1 Å². The average Bonchev–Trinajstić information content (AvgIpc) is 3.29. The average molecular weight is 498 g/mol. The van der Waals surface area contributed by atoms with Gasteiger partial charge >= 0.3 is 0 Å². The number of amides is 1. The Kier molecular flexibility index (Phi) is 10.1. The summed E-state index contributed by atoms with van der Waals surface area (Å²) in [6, 6.07) is 6.52. The summed E-state index contributed by atoms with van der Waals surface area (Å²) >= 11 is 1.37. The van der Waals surface area contributed by atoms with Gasteiger partial charge in [-0.05, 0) is 55.0 Å². The van der Waals surface area contributed by atoms with Crippen molar-refractivity contribution in [1.29, 1.82) is 0 Å². The van der Waals surface area contributed by atoms with Crippen molar-refractivity contribution in [3.8, 4) is 0 Å². The lowest BCUT2D eigenvalue weighted by Gasteiger charge is -2.20. The number of rotatable bonds is 7. The highest BCUT2D eigenvalue weighted by molar-refractivity contribution is 7.15. The Morgan fingerprint density at radius 2 is 1.91 bits per heavy atom. The largest absolute Gasteiger partial charge is 0.343 e. The number of hydrogen-bond acceptors (Lipinski definition) is 6. The van der Waals surface area contributed by atoms with E-state index in [1.54, 1.807) is 24.5 Å². The van der Waals surface area contributed by atoms with E-state index >= 15 is 0 Å². The first kappa shape index (κ1) is 28.1. The Morgan fingerprint density at radius 1 is 1.20 bits per heavy atom. The van der Waals surface area contributed by atoms with Crippen LogP contribution in [0.1, 0.15) is 87.4 Å². The van der Waals surface area contributed by atoms with Gasteiger partial charge in [0.05, 0.1) is 23.6 Å². The number of nitrogens with one attached hydrogen (secondary N) is 2. The minimum atomic E-state index is -0.339. The SMILES string of the molecule is CC.CCC=Nc1cnc(C(=O)NC(C)c2cnc(Nc3cc(C(C)(C)C)ccc3F)s2)cc1C. The van der Waals surface area contributed by atoms with Crippen molar-refractivity contribution in [3.63, 3.8) is 0 Å². The van der Waals surface area contributed by atoms with E-state index in [2.05, 4.69) is 46.4 Å². The first-order valence-corrected chi connectivity index (χ1v) is 12.7. The third kappa shape index (κ3) is 7.68. The minimum Gasteiger partial charge on any atom is -0.343 e. The van der Waals surface area contributed by atoms with Crippen LogP contribution in [0.25, 0.3) is 0 Å². The van der Waals surface area contributed by atoms with Crippen LogP contribution >= 0.6 is 11.3 Å². The van der Waals surface area contributed by atoms with Gasteiger partial charge in [-0.3, -0.25) is 9.79 Å². The van der Waals surface area contributed by atoms with Crippen LogP contribution in [0, 0.1) is 12.7 Å².